The summed E-state index contributed by atoms with van der Waals surface area (Å²) in [6.45, 7) is 7.66. The first kappa shape index (κ1) is 18.7. The van der Waals surface area contributed by atoms with Gasteiger partial charge in [0, 0.05) is 0 Å². The fourth-order valence-corrected chi connectivity index (χ4v) is 5.25. The van der Waals surface area contributed by atoms with E-state index in [1.54, 1.807) is 13.0 Å². The van der Waals surface area contributed by atoms with Crippen molar-refractivity contribution in [3.05, 3.63) is 41.0 Å². The van der Waals surface area contributed by atoms with Gasteiger partial charge in [0.1, 0.15) is 5.75 Å². The van der Waals surface area contributed by atoms with Gasteiger partial charge in [0.05, 0.1) is 11.8 Å². The molecule has 1 saturated heterocycles. The number of hydrogen-bond donors (Lipinski definition) is 1. The molecule has 1 aliphatic heterocycles. The lowest BCUT2D eigenvalue weighted by Gasteiger charge is -2.22. The van der Waals surface area contributed by atoms with E-state index in [2.05, 4.69) is 19.3 Å². The van der Waals surface area contributed by atoms with Gasteiger partial charge < -0.3 is 4.74 Å². The molecule has 0 radical (unpaired) electrons. The van der Waals surface area contributed by atoms with Crippen molar-refractivity contribution in [3.63, 3.8) is 0 Å². The summed E-state index contributed by atoms with van der Waals surface area (Å²) in [5, 5.41) is 0.945. The van der Waals surface area contributed by atoms with E-state index in [1.165, 1.54) is 11.1 Å². The van der Waals surface area contributed by atoms with E-state index in [0.717, 1.165) is 23.4 Å². The summed E-state index contributed by atoms with van der Waals surface area (Å²) in [4.78, 5) is 38.4. The van der Waals surface area contributed by atoms with E-state index < -0.39 is 12.0 Å². The van der Waals surface area contributed by atoms with Crippen molar-refractivity contribution in [1.29, 1.82) is 0 Å². The van der Waals surface area contributed by atoms with E-state index in [4.69, 9.17) is 4.74 Å². The molecule has 5 atom stereocenters. The predicted octanol–water partition coefficient (Wildman–Crippen LogP) is 2.77. The standard InChI is InChI=1S/C22H26N2O4/c1-11(2)17-15-8-9-16(17)19-18(15)21(26)24(22(19)27)23-20(25)13(4)28-14-7-5-6-12(3)10-14/h5-7,10,13,15-16,18-19H,8-9H2,1-4H3,(H,23,25)/t13-,15+,16+,18-,19+/m0/s1. The number of nitrogens with zero attached hydrogens (tertiary/aromatic N) is 1. The number of ether oxygens (including phenoxy) is 1. The smallest absolute Gasteiger partial charge is 0.279 e. The summed E-state index contributed by atoms with van der Waals surface area (Å²) in [5.41, 5.74) is 6.04. The average molecular weight is 382 g/mol. The number of carbonyl (C=O) groups is 3. The average Bonchev–Trinajstić information content (AvgIpc) is 3.27. The molecule has 2 aliphatic carbocycles. The van der Waals surface area contributed by atoms with Crippen molar-refractivity contribution >= 4 is 17.7 Å². The second-order valence-corrected chi connectivity index (χ2v) is 8.36. The van der Waals surface area contributed by atoms with Crippen molar-refractivity contribution in [2.24, 2.45) is 23.7 Å². The van der Waals surface area contributed by atoms with Crippen LogP contribution in [0.3, 0.4) is 0 Å². The molecule has 6 heteroatoms. The number of benzene rings is 1. The summed E-state index contributed by atoms with van der Waals surface area (Å²) in [5.74, 6) is -0.871. The number of imide groups is 1. The molecule has 4 rings (SSSR count). The SMILES string of the molecule is CC(C)=C1[C@H]2CC[C@H]1[C@H]1C(=O)N(NC(=O)[C@H](C)Oc3cccc(C)c3)C(=O)[C@H]12. The molecule has 1 aromatic carbocycles. The number of aryl methyl sites for hydroxylation is 1. The number of hydrogen-bond acceptors (Lipinski definition) is 4. The Morgan fingerprint density at radius 1 is 1.14 bits per heavy atom. The zero-order valence-corrected chi connectivity index (χ0v) is 16.7. The van der Waals surface area contributed by atoms with Gasteiger partial charge in [-0.25, -0.2) is 0 Å². The molecule has 2 saturated carbocycles. The highest BCUT2D eigenvalue weighted by atomic mass is 16.5. The Morgan fingerprint density at radius 3 is 2.29 bits per heavy atom. The topological polar surface area (TPSA) is 75.7 Å². The van der Waals surface area contributed by atoms with Gasteiger partial charge in [-0.1, -0.05) is 23.3 Å². The molecule has 2 bridgehead atoms. The first-order chi connectivity index (χ1) is 13.3. The van der Waals surface area contributed by atoms with Gasteiger partial charge in [0.2, 0.25) is 0 Å². The Labute approximate surface area is 164 Å². The van der Waals surface area contributed by atoms with Crippen LogP contribution in [0.5, 0.6) is 5.75 Å². The summed E-state index contributed by atoms with van der Waals surface area (Å²) in [7, 11) is 0. The molecule has 28 heavy (non-hydrogen) atoms. The Balaban J connectivity index is 1.47. The molecule has 3 fully saturated rings. The summed E-state index contributed by atoms with van der Waals surface area (Å²) >= 11 is 0. The fraction of sp³-hybridized carbons (Fsp3) is 0.500. The number of carbonyl (C=O) groups excluding carboxylic acids is 3. The lowest BCUT2D eigenvalue weighted by molar-refractivity contribution is -0.151. The van der Waals surface area contributed by atoms with Gasteiger partial charge in [-0.2, -0.15) is 5.01 Å². The number of amides is 3. The minimum Gasteiger partial charge on any atom is -0.481 e. The lowest BCUT2D eigenvalue weighted by atomic mass is 9.81. The molecule has 1 N–H and O–H groups in total. The maximum atomic E-state index is 12.9. The van der Waals surface area contributed by atoms with E-state index in [9.17, 15) is 14.4 Å². The fourth-order valence-electron chi connectivity index (χ4n) is 5.25. The highest BCUT2D eigenvalue weighted by Gasteiger charge is 2.63. The molecule has 0 spiro atoms. The number of rotatable bonds is 4. The zero-order valence-electron chi connectivity index (χ0n) is 16.7. The second-order valence-electron chi connectivity index (χ2n) is 8.36. The van der Waals surface area contributed by atoms with E-state index in [-0.39, 0.29) is 35.5 Å². The Morgan fingerprint density at radius 2 is 1.75 bits per heavy atom. The van der Waals surface area contributed by atoms with Gasteiger partial charge >= 0.3 is 0 Å². The predicted molar refractivity (Wildman–Crippen MR) is 103 cm³/mol. The summed E-state index contributed by atoms with van der Waals surface area (Å²) < 4.78 is 5.67. The summed E-state index contributed by atoms with van der Waals surface area (Å²) in [6, 6.07) is 7.39. The number of fused-ring (bicyclic) bond motifs is 5. The highest BCUT2D eigenvalue weighted by molar-refractivity contribution is 6.07. The van der Waals surface area contributed by atoms with Crippen LogP contribution >= 0.6 is 0 Å². The van der Waals surface area contributed by atoms with Crippen LogP contribution in [0.2, 0.25) is 0 Å². The third kappa shape index (κ3) is 2.82. The van der Waals surface area contributed by atoms with Crippen LogP contribution in [0.15, 0.2) is 35.4 Å². The molecule has 0 aromatic heterocycles. The maximum absolute atomic E-state index is 12.9. The Kier molecular flexibility index (Phi) is 4.52. The van der Waals surface area contributed by atoms with Crippen molar-refractivity contribution in [3.8, 4) is 5.75 Å². The van der Waals surface area contributed by atoms with E-state index in [1.807, 2.05) is 25.1 Å². The first-order valence-corrected chi connectivity index (χ1v) is 9.88. The Hall–Kier alpha value is -2.63. The van der Waals surface area contributed by atoms with Gasteiger partial charge in [0.25, 0.3) is 17.7 Å². The van der Waals surface area contributed by atoms with E-state index in [0.29, 0.717) is 5.75 Å². The number of allylic oxidation sites excluding steroid dienone is 2. The van der Waals surface area contributed by atoms with Gasteiger partial charge in [-0.05, 0) is 70.1 Å². The molecule has 1 heterocycles. The van der Waals surface area contributed by atoms with Crippen LogP contribution in [0.25, 0.3) is 0 Å². The van der Waals surface area contributed by atoms with Gasteiger partial charge in [-0.15, -0.1) is 0 Å². The molecule has 6 nitrogen and oxygen atoms in total. The molecule has 3 amide bonds. The van der Waals surface area contributed by atoms with Crippen molar-refractivity contribution in [1.82, 2.24) is 10.4 Å². The van der Waals surface area contributed by atoms with E-state index >= 15 is 0 Å². The Bertz CT molecular complexity index is 854. The second kappa shape index (κ2) is 6.76. The monoisotopic (exact) mass is 382 g/mol. The van der Waals surface area contributed by atoms with Crippen LogP contribution in [0.4, 0.5) is 0 Å². The third-order valence-electron chi connectivity index (χ3n) is 6.32. The largest absolute Gasteiger partial charge is 0.481 e. The van der Waals surface area contributed by atoms with Crippen LogP contribution in [-0.2, 0) is 14.4 Å². The van der Waals surface area contributed by atoms with Crippen LogP contribution in [-0.4, -0.2) is 28.8 Å². The van der Waals surface area contributed by atoms with Crippen LogP contribution in [0.1, 0.15) is 39.2 Å². The molecular weight excluding hydrogens is 356 g/mol. The highest BCUT2D eigenvalue weighted by Crippen LogP contribution is 2.59. The maximum Gasteiger partial charge on any atom is 0.279 e. The summed E-state index contributed by atoms with van der Waals surface area (Å²) in [6.07, 6.45) is 1.06. The minimum atomic E-state index is -0.826. The van der Waals surface area contributed by atoms with Crippen molar-refractivity contribution < 1.29 is 19.1 Å². The molecule has 3 aliphatic rings. The minimum absolute atomic E-state index is 0.138. The molecule has 1 aromatic rings. The van der Waals surface area contributed by atoms with Gasteiger partial charge in [0.15, 0.2) is 6.10 Å². The quantitative estimate of drug-likeness (QED) is 0.642. The third-order valence-corrected chi connectivity index (χ3v) is 6.32. The normalized spacial score (nSPS) is 29.1. The molecular formula is C22H26N2O4. The van der Waals surface area contributed by atoms with Crippen molar-refractivity contribution in [2.45, 2.75) is 46.6 Å². The van der Waals surface area contributed by atoms with Crippen LogP contribution in [0, 0.1) is 30.6 Å². The van der Waals surface area contributed by atoms with Crippen LogP contribution < -0.4 is 10.2 Å². The molecule has 148 valence electrons. The lowest BCUT2D eigenvalue weighted by Crippen LogP contribution is -2.51. The number of hydrazine groups is 1. The first-order valence-electron chi connectivity index (χ1n) is 9.88. The van der Waals surface area contributed by atoms with Gasteiger partial charge in [-0.3, -0.25) is 19.8 Å². The zero-order chi connectivity index (χ0) is 20.2. The molecule has 0 unspecified atom stereocenters. The van der Waals surface area contributed by atoms with Crippen molar-refractivity contribution in [2.75, 3.05) is 0 Å². The number of nitrogens with one attached hydrogen (secondary N) is 1.